The van der Waals surface area contributed by atoms with Crippen LogP contribution in [0.1, 0.15) is 24.5 Å². The van der Waals surface area contributed by atoms with Crippen molar-refractivity contribution in [2.45, 2.75) is 25.0 Å². The van der Waals surface area contributed by atoms with Gasteiger partial charge in [-0.25, -0.2) is 5.48 Å². The van der Waals surface area contributed by atoms with Crippen LogP contribution in [0.5, 0.6) is 5.75 Å². The fraction of sp³-hybridized carbons (Fsp3) is 0.278. The summed E-state index contributed by atoms with van der Waals surface area (Å²) in [6.07, 6.45) is 2.45. The van der Waals surface area contributed by atoms with Gasteiger partial charge in [0.25, 0.3) is 5.91 Å². The second-order valence-electron chi connectivity index (χ2n) is 5.39. The van der Waals surface area contributed by atoms with E-state index < -0.39 is 18.1 Å². The van der Waals surface area contributed by atoms with E-state index in [4.69, 9.17) is 9.94 Å². The Hall–Kier alpha value is -2.41. The van der Waals surface area contributed by atoms with Crippen molar-refractivity contribution in [2.24, 2.45) is 0 Å². The minimum Gasteiger partial charge on any atom is -0.507 e. The van der Waals surface area contributed by atoms with E-state index in [1.807, 2.05) is 18.2 Å². The van der Waals surface area contributed by atoms with E-state index in [2.05, 4.69) is 0 Å². The number of carbonyl (C=O) groups is 1. The maximum absolute atomic E-state index is 10.9. The lowest BCUT2D eigenvalue weighted by molar-refractivity contribution is -0.124. The number of fused-ring (bicyclic) bond motifs is 1. The van der Waals surface area contributed by atoms with E-state index in [1.54, 1.807) is 24.3 Å². The van der Waals surface area contributed by atoms with Crippen LogP contribution < -0.4 is 5.48 Å². The lowest BCUT2D eigenvalue weighted by atomic mass is 9.95. The topological polar surface area (TPSA) is 99.0 Å². The molecule has 0 aliphatic heterocycles. The molecule has 4 N–H and O–H groups in total. The van der Waals surface area contributed by atoms with E-state index in [0.717, 1.165) is 5.39 Å². The van der Waals surface area contributed by atoms with Gasteiger partial charge in [0.15, 0.2) is 0 Å². The number of phenolic OH excluding ortho intramolecular Hbond substituents is 1. The van der Waals surface area contributed by atoms with Gasteiger partial charge in [0.05, 0.1) is 6.10 Å². The maximum Gasteiger partial charge on any atom is 0.267 e. The van der Waals surface area contributed by atoms with Crippen LogP contribution in [0.25, 0.3) is 10.8 Å². The minimum absolute atomic E-state index is 0.161. The third-order valence-electron chi connectivity index (χ3n) is 3.91. The Morgan fingerprint density at radius 2 is 1.96 bits per heavy atom. The summed E-state index contributed by atoms with van der Waals surface area (Å²) in [7, 11) is 1.51. The number of hydrogen-bond acceptors (Lipinski definition) is 5. The molecule has 128 valence electrons. The van der Waals surface area contributed by atoms with E-state index in [9.17, 15) is 15.0 Å². The monoisotopic (exact) mass is 331 g/mol. The van der Waals surface area contributed by atoms with Crippen LogP contribution in [0.4, 0.5) is 0 Å². The summed E-state index contributed by atoms with van der Waals surface area (Å²) in [6, 6.07) is 10.5. The SMILES string of the molecule is CO[C@H](CC/C=C/C(=O)NO)[C@H](O)c1ccc(O)c2ccccc12. The summed E-state index contributed by atoms with van der Waals surface area (Å²) < 4.78 is 5.38. The fourth-order valence-corrected chi connectivity index (χ4v) is 2.66. The highest BCUT2D eigenvalue weighted by Gasteiger charge is 2.22. The smallest absolute Gasteiger partial charge is 0.267 e. The average molecular weight is 331 g/mol. The highest BCUT2D eigenvalue weighted by atomic mass is 16.5. The Balaban J connectivity index is 2.17. The molecular weight excluding hydrogens is 310 g/mol. The van der Waals surface area contributed by atoms with Crippen molar-refractivity contribution >= 4 is 16.7 Å². The second-order valence-corrected chi connectivity index (χ2v) is 5.39. The number of amides is 1. The summed E-state index contributed by atoms with van der Waals surface area (Å²) in [6.45, 7) is 0. The number of hydroxylamine groups is 1. The Kier molecular flexibility index (Phi) is 6.31. The quantitative estimate of drug-likeness (QED) is 0.355. The van der Waals surface area contributed by atoms with Gasteiger partial charge >= 0.3 is 0 Å². The first-order chi connectivity index (χ1) is 11.6. The highest BCUT2D eigenvalue weighted by molar-refractivity contribution is 5.91. The molecule has 2 atom stereocenters. The summed E-state index contributed by atoms with van der Waals surface area (Å²) in [5.41, 5.74) is 2.18. The van der Waals surface area contributed by atoms with E-state index in [0.29, 0.717) is 23.8 Å². The molecule has 0 aliphatic carbocycles. The normalized spacial score (nSPS) is 14.0. The number of nitrogens with one attached hydrogen (secondary N) is 1. The Morgan fingerprint density at radius 3 is 2.62 bits per heavy atom. The molecular formula is C18H21NO5. The first kappa shape index (κ1) is 17.9. The molecule has 0 saturated carbocycles. The van der Waals surface area contributed by atoms with Gasteiger partial charge in [0.1, 0.15) is 11.9 Å². The number of ether oxygens (including phenoxy) is 1. The molecule has 0 heterocycles. The van der Waals surface area contributed by atoms with Gasteiger partial charge in [0, 0.05) is 18.6 Å². The van der Waals surface area contributed by atoms with E-state index in [-0.39, 0.29) is 5.75 Å². The van der Waals surface area contributed by atoms with Crippen molar-refractivity contribution in [3.63, 3.8) is 0 Å². The van der Waals surface area contributed by atoms with Gasteiger partial charge < -0.3 is 14.9 Å². The van der Waals surface area contributed by atoms with Gasteiger partial charge in [-0.2, -0.15) is 0 Å². The van der Waals surface area contributed by atoms with Crippen LogP contribution >= 0.6 is 0 Å². The van der Waals surface area contributed by atoms with Crippen molar-refractivity contribution in [3.8, 4) is 5.75 Å². The molecule has 0 saturated heterocycles. The molecule has 24 heavy (non-hydrogen) atoms. The lowest BCUT2D eigenvalue weighted by Gasteiger charge is -2.23. The van der Waals surface area contributed by atoms with Crippen molar-refractivity contribution < 1.29 is 25.0 Å². The summed E-state index contributed by atoms with van der Waals surface area (Å²) in [4.78, 5) is 10.9. The second kappa shape index (κ2) is 8.44. The molecule has 0 bridgehead atoms. The Bertz CT molecular complexity index is 728. The third kappa shape index (κ3) is 4.11. The van der Waals surface area contributed by atoms with Gasteiger partial charge in [-0.15, -0.1) is 0 Å². The number of hydrogen-bond donors (Lipinski definition) is 4. The van der Waals surface area contributed by atoms with Gasteiger partial charge in [-0.1, -0.05) is 36.4 Å². The van der Waals surface area contributed by atoms with E-state index >= 15 is 0 Å². The lowest BCUT2D eigenvalue weighted by Crippen LogP contribution is -2.21. The number of benzene rings is 2. The number of rotatable bonds is 7. The van der Waals surface area contributed by atoms with Crippen molar-refractivity contribution in [3.05, 3.63) is 54.1 Å². The zero-order valence-electron chi connectivity index (χ0n) is 13.3. The average Bonchev–Trinajstić information content (AvgIpc) is 2.61. The predicted octanol–water partition coefficient (Wildman–Crippen LogP) is 2.44. The van der Waals surface area contributed by atoms with Gasteiger partial charge in [0.2, 0.25) is 0 Å². The first-order valence-electron chi connectivity index (χ1n) is 7.60. The first-order valence-corrected chi connectivity index (χ1v) is 7.60. The molecule has 0 fully saturated rings. The molecule has 2 aromatic carbocycles. The highest BCUT2D eigenvalue weighted by Crippen LogP contribution is 2.33. The van der Waals surface area contributed by atoms with Crippen LogP contribution in [0.3, 0.4) is 0 Å². The molecule has 0 aromatic heterocycles. The van der Waals surface area contributed by atoms with Crippen molar-refractivity contribution in [2.75, 3.05) is 7.11 Å². The largest absolute Gasteiger partial charge is 0.507 e. The Labute approximate surface area is 140 Å². The van der Waals surface area contributed by atoms with Crippen LogP contribution in [-0.2, 0) is 9.53 Å². The molecule has 0 unspecified atom stereocenters. The summed E-state index contributed by atoms with van der Waals surface area (Å²) in [5.74, 6) is -0.442. The summed E-state index contributed by atoms with van der Waals surface area (Å²) >= 11 is 0. The van der Waals surface area contributed by atoms with E-state index in [1.165, 1.54) is 18.7 Å². The maximum atomic E-state index is 10.9. The number of aliphatic hydroxyl groups excluding tert-OH is 1. The standard InChI is InChI=1S/C18H21NO5/c1-24-16(8-4-5-9-17(21)19-23)18(22)14-10-11-15(20)13-7-3-2-6-12(13)14/h2-3,5-7,9-11,16,18,20,22-23H,4,8H2,1H3,(H,19,21)/b9-5+/t16-,18-/m1/s1. The number of phenols is 1. The van der Waals surface area contributed by atoms with Crippen LogP contribution in [0.2, 0.25) is 0 Å². The van der Waals surface area contributed by atoms with Crippen LogP contribution in [-0.4, -0.2) is 34.5 Å². The number of aromatic hydroxyl groups is 1. The number of methoxy groups -OCH3 is 1. The molecule has 6 nitrogen and oxygen atoms in total. The predicted molar refractivity (Wildman–Crippen MR) is 89.7 cm³/mol. The number of carbonyl (C=O) groups excluding carboxylic acids is 1. The third-order valence-corrected chi connectivity index (χ3v) is 3.91. The van der Waals surface area contributed by atoms with Crippen molar-refractivity contribution in [1.82, 2.24) is 5.48 Å². The molecule has 2 aromatic rings. The molecule has 1 amide bonds. The van der Waals surface area contributed by atoms with Gasteiger partial charge in [-0.05, 0) is 29.9 Å². The summed E-state index contributed by atoms with van der Waals surface area (Å²) in [5, 5.41) is 30.5. The van der Waals surface area contributed by atoms with Crippen LogP contribution in [0.15, 0.2) is 48.6 Å². The molecule has 6 heteroatoms. The zero-order valence-corrected chi connectivity index (χ0v) is 13.3. The number of allylic oxidation sites excluding steroid dienone is 1. The zero-order chi connectivity index (χ0) is 17.5. The Morgan fingerprint density at radius 1 is 1.25 bits per heavy atom. The minimum atomic E-state index is -0.874. The fourth-order valence-electron chi connectivity index (χ4n) is 2.66. The van der Waals surface area contributed by atoms with Crippen molar-refractivity contribution in [1.29, 1.82) is 0 Å². The van der Waals surface area contributed by atoms with Crippen LogP contribution in [0, 0.1) is 0 Å². The number of aliphatic hydroxyl groups is 1. The molecule has 0 spiro atoms. The molecule has 0 aliphatic rings. The molecule has 2 rings (SSSR count). The van der Waals surface area contributed by atoms with Gasteiger partial charge in [-0.3, -0.25) is 10.0 Å². The molecule has 0 radical (unpaired) electrons.